The Kier molecular flexibility index (Phi) is 9.52. The van der Waals surface area contributed by atoms with Crippen LogP contribution in [0.4, 0.5) is 0 Å². The smallest absolute Gasteiger partial charge is 0.234 e. The second kappa shape index (κ2) is 9.93. The second-order valence-electron chi connectivity index (χ2n) is 3.94. The molecule has 0 aromatic heterocycles. The number of carbonyl (C=O) groups is 1. The number of carbonyl (C=O) groups excluding carboxylic acids is 1. The van der Waals surface area contributed by atoms with E-state index in [-0.39, 0.29) is 5.91 Å². The molecule has 15 heavy (non-hydrogen) atoms. The fourth-order valence-corrected chi connectivity index (χ4v) is 1.35. The summed E-state index contributed by atoms with van der Waals surface area (Å²) in [7, 11) is 1.98. The number of nitrogens with two attached hydrogens (primary N) is 1. The fourth-order valence-electron chi connectivity index (χ4n) is 1.35. The van der Waals surface area contributed by atoms with Gasteiger partial charge in [0, 0.05) is 6.54 Å². The van der Waals surface area contributed by atoms with Crippen molar-refractivity contribution in [3.05, 3.63) is 0 Å². The van der Waals surface area contributed by atoms with E-state index in [9.17, 15) is 4.79 Å². The van der Waals surface area contributed by atoms with Gasteiger partial charge in [-0.15, -0.1) is 0 Å². The second-order valence-corrected chi connectivity index (χ2v) is 3.94. The van der Waals surface area contributed by atoms with Crippen molar-refractivity contribution in [2.45, 2.75) is 32.6 Å². The van der Waals surface area contributed by atoms with E-state index >= 15 is 0 Å². The Morgan fingerprint density at radius 2 is 2.07 bits per heavy atom. The Labute approximate surface area is 93.2 Å². The largest absolute Gasteiger partial charge is 0.355 e. The lowest BCUT2D eigenvalue weighted by atomic mass is 10.2. The summed E-state index contributed by atoms with van der Waals surface area (Å²) < 4.78 is 0. The average Bonchev–Trinajstić information content (AvgIpc) is 2.21. The summed E-state index contributed by atoms with van der Waals surface area (Å²) in [4.78, 5) is 13.4. The standard InChI is InChI=1S/C11H25N3O/c1-3-8-13-11(15)10-14(2)9-6-4-5-7-12/h3-10,12H2,1-2H3,(H,13,15). The molecule has 0 aromatic rings. The molecule has 4 nitrogen and oxygen atoms in total. The van der Waals surface area contributed by atoms with Crippen molar-refractivity contribution < 1.29 is 4.79 Å². The quantitative estimate of drug-likeness (QED) is 0.553. The molecule has 0 saturated heterocycles. The van der Waals surface area contributed by atoms with E-state index in [1.54, 1.807) is 0 Å². The van der Waals surface area contributed by atoms with Gasteiger partial charge in [0.15, 0.2) is 0 Å². The Morgan fingerprint density at radius 1 is 1.33 bits per heavy atom. The van der Waals surface area contributed by atoms with Gasteiger partial charge in [-0.1, -0.05) is 13.3 Å². The number of unbranched alkanes of at least 4 members (excludes halogenated alkanes) is 2. The molecule has 0 aliphatic carbocycles. The molecule has 0 rings (SSSR count). The summed E-state index contributed by atoms with van der Waals surface area (Å²) in [6.45, 7) is 5.07. The maximum atomic E-state index is 11.3. The van der Waals surface area contributed by atoms with Gasteiger partial charge in [0.2, 0.25) is 5.91 Å². The van der Waals surface area contributed by atoms with E-state index in [0.29, 0.717) is 6.54 Å². The Hall–Kier alpha value is -0.610. The van der Waals surface area contributed by atoms with Gasteiger partial charge >= 0.3 is 0 Å². The first-order valence-electron chi connectivity index (χ1n) is 5.86. The first-order valence-corrected chi connectivity index (χ1v) is 5.86. The molecule has 0 heterocycles. The zero-order valence-electron chi connectivity index (χ0n) is 10.1. The molecule has 0 radical (unpaired) electrons. The van der Waals surface area contributed by atoms with Crippen LogP contribution in [0.1, 0.15) is 32.6 Å². The summed E-state index contributed by atoms with van der Waals surface area (Å²) in [6, 6.07) is 0. The van der Waals surface area contributed by atoms with Crippen LogP contribution in [-0.4, -0.2) is 44.0 Å². The van der Waals surface area contributed by atoms with Crippen LogP contribution in [0.15, 0.2) is 0 Å². The van der Waals surface area contributed by atoms with Crippen LogP contribution in [0.3, 0.4) is 0 Å². The minimum absolute atomic E-state index is 0.123. The Bertz CT molecular complexity index is 162. The zero-order chi connectivity index (χ0) is 11.5. The summed E-state index contributed by atoms with van der Waals surface area (Å²) in [6.07, 6.45) is 4.34. The molecule has 0 saturated carbocycles. The molecule has 0 atom stereocenters. The molecular formula is C11H25N3O. The minimum Gasteiger partial charge on any atom is -0.355 e. The van der Waals surface area contributed by atoms with Gasteiger partial charge in [-0.05, 0) is 39.4 Å². The average molecular weight is 215 g/mol. The molecule has 0 aliphatic heterocycles. The normalized spacial score (nSPS) is 10.7. The van der Waals surface area contributed by atoms with Gasteiger partial charge in [-0.25, -0.2) is 0 Å². The van der Waals surface area contributed by atoms with Gasteiger partial charge < -0.3 is 11.1 Å². The van der Waals surface area contributed by atoms with E-state index < -0.39 is 0 Å². The third-order valence-corrected chi connectivity index (χ3v) is 2.23. The van der Waals surface area contributed by atoms with Crippen LogP contribution in [0.25, 0.3) is 0 Å². The van der Waals surface area contributed by atoms with Crippen molar-refractivity contribution in [1.29, 1.82) is 0 Å². The van der Waals surface area contributed by atoms with Crippen molar-refractivity contribution in [2.24, 2.45) is 5.73 Å². The number of likely N-dealkylation sites (N-methyl/N-ethyl adjacent to an activating group) is 1. The van der Waals surface area contributed by atoms with Gasteiger partial charge in [-0.2, -0.15) is 0 Å². The highest BCUT2D eigenvalue weighted by atomic mass is 16.1. The van der Waals surface area contributed by atoms with Gasteiger partial charge in [0.25, 0.3) is 0 Å². The lowest BCUT2D eigenvalue weighted by Gasteiger charge is -2.15. The molecule has 0 unspecified atom stereocenters. The fraction of sp³-hybridized carbons (Fsp3) is 0.909. The summed E-state index contributed by atoms with van der Waals surface area (Å²) in [5.41, 5.74) is 5.40. The summed E-state index contributed by atoms with van der Waals surface area (Å²) in [5.74, 6) is 0.123. The molecule has 90 valence electrons. The minimum atomic E-state index is 0.123. The Morgan fingerprint density at radius 3 is 2.67 bits per heavy atom. The van der Waals surface area contributed by atoms with Crippen molar-refractivity contribution in [3.63, 3.8) is 0 Å². The number of nitrogens with one attached hydrogen (secondary N) is 1. The van der Waals surface area contributed by atoms with E-state index in [1.165, 1.54) is 0 Å². The summed E-state index contributed by atoms with van der Waals surface area (Å²) >= 11 is 0. The molecular weight excluding hydrogens is 190 g/mol. The monoisotopic (exact) mass is 215 g/mol. The number of rotatable bonds is 9. The predicted molar refractivity (Wildman–Crippen MR) is 63.7 cm³/mol. The topological polar surface area (TPSA) is 58.4 Å². The molecule has 3 N–H and O–H groups in total. The maximum Gasteiger partial charge on any atom is 0.234 e. The van der Waals surface area contributed by atoms with Crippen LogP contribution in [0.5, 0.6) is 0 Å². The van der Waals surface area contributed by atoms with Crippen LogP contribution in [-0.2, 0) is 4.79 Å². The van der Waals surface area contributed by atoms with Crippen molar-refractivity contribution in [1.82, 2.24) is 10.2 Å². The highest BCUT2D eigenvalue weighted by molar-refractivity contribution is 5.77. The molecule has 0 aliphatic rings. The summed E-state index contributed by atoms with van der Waals surface area (Å²) in [5, 5.41) is 2.86. The first kappa shape index (κ1) is 14.4. The third kappa shape index (κ3) is 9.69. The van der Waals surface area contributed by atoms with Gasteiger partial charge in [0.05, 0.1) is 6.54 Å². The van der Waals surface area contributed by atoms with E-state index in [2.05, 4.69) is 17.1 Å². The van der Waals surface area contributed by atoms with Crippen LogP contribution < -0.4 is 11.1 Å². The molecule has 4 heteroatoms. The highest BCUT2D eigenvalue weighted by Crippen LogP contribution is 1.95. The maximum absolute atomic E-state index is 11.3. The highest BCUT2D eigenvalue weighted by Gasteiger charge is 2.04. The van der Waals surface area contributed by atoms with Crippen molar-refractivity contribution >= 4 is 5.91 Å². The lowest BCUT2D eigenvalue weighted by Crippen LogP contribution is -2.35. The van der Waals surface area contributed by atoms with E-state index in [1.807, 2.05) is 7.05 Å². The van der Waals surface area contributed by atoms with Crippen LogP contribution in [0, 0.1) is 0 Å². The molecule has 0 bridgehead atoms. The van der Waals surface area contributed by atoms with Gasteiger partial charge in [0.1, 0.15) is 0 Å². The molecule has 1 amide bonds. The zero-order valence-corrected chi connectivity index (χ0v) is 10.1. The van der Waals surface area contributed by atoms with E-state index in [0.717, 1.165) is 45.3 Å². The number of amides is 1. The number of hydrogen-bond donors (Lipinski definition) is 2. The van der Waals surface area contributed by atoms with Crippen LogP contribution >= 0.6 is 0 Å². The molecule has 0 fully saturated rings. The predicted octanol–water partition coefficient (Wildman–Crippen LogP) is 0.573. The number of nitrogens with zero attached hydrogens (tertiary/aromatic N) is 1. The van der Waals surface area contributed by atoms with Crippen molar-refractivity contribution in [2.75, 3.05) is 33.2 Å². The first-order chi connectivity index (χ1) is 7.20. The van der Waals surface area contributed by atoms with E-state index in [4.69, 9.17) is 5.73 Å². The number of hydrogen-bond acceptors (Lipinski definition) is 3. The molecule has 0 aromatic carbocycles. The molecule has 0 spiro atoms. The van der Waals surface area contributed by atoms with Gasteiger partial charge in [-0.3, -0.25) is 9.69 Å². The lowest BCUT2D eigenvalue weighted by molar-refractivity contribution is -0.121. The third-order valence-electron chi connectivity index (χ3n) is 2.23. The van der Waals surface area contributed by atoms with Crippen molar-refractivity contribution in [3.8, 4) is 0 Å². The van der Waals surface area contributed by atoms with Crippen LogP contribution in [0.2, 0.25) is 0 Å². The SMILES string of the molecule is CCCNC(=O)CN(C)CCCCCN. The Balaban J connectivity index is 3.38.